The van der Waals surface area contributed by atoms with Crippen molar-refractivity contribution in [1.29, 1.82) is 0 Å². The molecule has 15 heavy (non-hydrogen) atoms. The van der Waals surface area contributed by atoms with Gasteiger partial charge in [-0.05, 0) is 12.0 Å². The highest BCUT2D eigenvalue weighted by Crippen LogP contribution is 2.15. The van der Waals surface area contributed by atoms with Gasteiger partial charge in [-0.25, -0.2) is 0 Å². The minimum absolute atomic E-state index is 1.14. The molecule has 0 unspecified atom stereocenters. The highest BCUT2D eigenvalue weighted by atomic mass is 14.0. The molecule has 0 N–H and O–H groups in total. The molecular weight excluding hydrogens is 180 g/mol. The maximum atomic E-state index is 2.16. The first-order valence-electron chi connectivity index (χ1n) is 6.47. The minimum atomic E-state index is 1.14. The fourth-order valence-electron chi connectivity index (χ4n) is 1.95. The normalized spacial score (nSPS) is 16.1. The van der Waals surface area contributed by atoms with E-state index in [9.17, 15) is 0 Å². The van der Waals surface area contributed by atoms with E-state index in [1.54, 1.807) is 0 Å². The Morgan fingerprint density at radius 3 is 1.40 bits per heavy atom. The van der Waals surface area contributed by atoms with Crippen molar-refractivity contribution in [1.82, 2.24) is 0 Å². The topological polar surface area (TPSA) is 0 Å². The molecule has 1 aliphatic carbocycles. The standard InChI is InChI=1S/C8H10.C7H14/c1-2-8-6-4-3-5-7-8;1-2-4-6-7-5-3-1/h3-7H,2H2,1H3;1-7H2. The summed E-state index contributed by atoms with van der Waals surface area (Å²) < 4.78 is 0. The molecule has 1 fully saturated rings. The second-order valence-corrected chi connectivity index (χ2v) is 4.31. The number of rotatable bonds is 1. The molecule has 0 heterocycles. The van der Waals surface area contributed by atoms with Gasteiger partial charge in [0, 0.05) is 0 Å². The number of hydrogen-bond donors (Lipinski definition) is 0. The van der Waals surface area contributed by atoms with Crippen LogP contribution in [0.5, 0.6) is 0 Å². The summed E-state index contributed by atoms with van der Waals surface area (Å²) in [5.41, 5.74) is 1.41. The third-order valence-electron chi connectivity index (χ3n) is 3.00. The molecule has 0 spiro atoms. The van der Waals surface area contributed by atoms with Crippen molar-refractivity contribution in [3.63, 3.8) is 0 Å². The number of benzene rings is 1. The van der Waals surface area contributed by atoms with Crippen molar-refractivity contribution in [2.45, 2.75) is 58.3 Å². The SMILES string of the molecule is C1CCCCCC1.CCc1ccccc1. The van der Waals surface area contributed by atoms with Crippen LogP contribution < -0.4 is 0 Å². The van der Waals surface area contributed by atoms with E-state index in [1.807, 2.05) is 6.07 Å². The monoisotopic (exact) mass is 204 g/mol. The summed E-state index contributed by atoms with van der Waals surface area (Å²) in [7, 11) is 0. The van der Waals surface area contributed by atoms with E-state index in [-0.39, 0.29) is 0 Å². The van der Waals surface area contributed by atoms with Gasteiger partial charge in [-0.1, -0.05) is 82.2 Å². The first-order chi connectivity index (χ1) is 7.43. The van der Waals surface area contributed by atoms with Crippen LogP contribution in [-0.2, 0) is 6.42 Å². The molecule has 0 aromatic heterocycles. The molecule has 0 amide bonds. The summed E-state index contributed by atoms with van der Waals surface area (Å²) in [5.74, 6) is 0. The Kier molecular flexibility index (Phi) is 6.98. The lowest BCUT2D eigenvalue weighted by Gasteiger charge is -1.89. The Morgan fingerprint density at radius 1 is 0.733 bits per heavy atom. The van der Waals surface area contributed by atoms with Crippen molar-refractivity contribution in [2.75, 3.05) is 0 Å². The molecule has 1 aromatic carbocycles. The fraction of sp³-hybridized carbons (Fsp3) is 0.600. The van der Waals surface area contributed by atoms with E-state index in [4.69, 9.17) is 0 Å². The van der Waals surface area contributed by atoms with Crippen molar-refractivity contribution in [3.05, 3.63) is 35.9 Å². The first kappa shape index (κ1) is 12.3. The molecule has 1 aliphatic rings. The molecule has 1 saturated carbocycles. The molecule has 1 aromatic rings. The Morgan fingerprint density at radius 2 is 1.13 bits per heavy atom. The third-order valence-corrected chi connectivity index (χ3v) is 3.00. The van der Waals surface area contributed by atoms with Gasteiger partial charge in [0.1, 0.15) is 0 Å². The lowest BCUT2D eigenvalue weighted by atomic mass is 10.2. The van der Waals surface area contributed by atoms with Gasteiger partial charge >= 0.3 is 0 Å². The fourth-order valence-corrected chi connectivity index (χ4v) is 1.95. The average molecular weight is 204 g/mol. The first-order valence-corrected chi connectivity index (χ1v) is 6.47. The second-order valence-electron chi connectivity index (χ2n) is 4.31. The van der Waals surface area contributed by atoms with Gasteiger partial charge in [0.05, 0.1) is 0 Å². The lowest BCUT2D eigenvalue weighted by molar-refractivity contribution is 0.702. The van der Waals surface area contributed by atoms with Crippen LogP contribution in [0.3, 0.4) is 0 Å². The van der Waals surface area contributed by atoms with Crippen LogP contribution in [0.15, 0.2) is 30.3 Å². The Balaban J connectivity index is 0.000000151. The lowest BCUT2D eigenvalue weighted by Crippen LogP contribution is -1.73. The van der Waals surface area contributed by atoms with E-state index in [0.717, 1.165) is 6.42 Å². The van der Waals surface area contributed by atoms with Gasteiger partial charge in [-0.3, -0.25) is 0 Å². The summed E-state index contributed by atoms with van der Waals surface area (Å²) in [5, 5.41) is 0. The van der Waals surface area contributed by atoms with Gasteiger partial charge in [-0.2, -0.15) is 0 Å². The Hall–Kier alpha value is -0.780. The van der Waals surface area contributed by atoms with Gasteiger partial charge in [0.15, 0.2) is 0 Å². The van der Waals surface area contributed by atoms with Crippen LogP contribution in [0.25, 0.3) is 0 Å². The minimum Gasteiger partial charge on any atom is -0.0622 e. The molecule has 0 atom stereocenters. The van der Waals surface area contributed by atoms with Crippen LogP contribution in [-0.4, -0.2) is 0 Å². The predicted molar refractivity (Wildman–Crippen MR) is 68.1 cm³/mol. The quantitative estimate of drug-likeness (QED) is 0.566. The van der Waals surface area contributed by atoms with Gasteiger partial charge < -0.3 is 0 Å². The summed E-state index contributed by atoms with van der Waals surface area (Å²) in [6, 6.07) is 10.5. The molecule has 2 rings (SSSR count). The summed E-state index contributed by atoms with van der Waals surface area (Å²) in [6.07, 6.45) is 11.6. The Labute approximate surface area is 94.7 Å². The zero-order chi connectivity index (χ0) is 10.8. The average Bonchev–Trinajstić information content (AvgIpc) is 2.63. The predicted octanol–water partition coefficient (Wildman–Crippen LogP) is 4.98. The molecule has 0 heteroatoms. The van der Waals surface area contributed by atoms with Crippen LogP contribution in [0.4, 0.5) is 0 Å². The molecule has 0 aliphatic heterocycles. The summed E-state index contributed by atoms with van der Waals surface area (Å²) >= 11 is 0. The largest absolute Gasteiger partial charge is 0.0622 e. The zero-order valence-electron chi connectivity index (χ0n) is 10.0. The molecule has 0 radical (unpaired) electrons. The van der Waals surface area contributed by atoms with Crippen LogP contribution in [0.2, 0.25) is 0 Å². The number of aryl methyl sites for hydroxylation is 1. The maximum Gasteiger partial charge on any atom is -0.0307 e. The third kappa shape index (κ3) is 6.33. The van der Waals surface area contributed by atoms with Gasteiger partial charge in [0.2, 0.25) is 0 Å². The van der Waals surface area contributed by atoms with E-state index in [1.165, 1.54) is 50.5 Å². The summed E-state index contributed by atoms with van der Waals surface area (Å²) in [6.45, 7) is 2.16. The molecular formula is C15H24. The van der Waals surface area contributed by atoms with E-state index in [2.05, 4.69) is 31.2 Å². The van der Waals surface area contributed by atoms with Crippen molar-refractivity contribution < 1.29 is 0 Å². The second kappa shape index (κ2) is 8.52. The maximum absolute atomic E-state index is 2.16. The molecule has 84 valence electrons. The highest BCUT2D eigenvalue weighted by molar-refractivity contribution is 5.13. The van der Waals surface area contributed by atoms with E-state index in [0.29, 0.717) is 0 Å². The van der Waals surface area contributed by atoms with Crippen LogP contribution in [0.1, 0.15) is 57.4 Å². The van der Waals surface area contributed by atoms with Crippen molar-refractivity contribution >= 4 is 0 Å². The Bertz CT molecular complexity index is 205. The van der Waals surface area contributed by atoms with E-state index >= 15 is 0 Å². The molecule has 0 saturated heterocycles. The van der Waals surface area contributed by atoms with Crippen LogP contribution in [0, 0.1) is 0 Å². The highest BCUT2D eigenvalue weighted by Gasteiger charge is 1.95. The zero-order valence-corrected chi connectivity index (χ0v) is 10.0. The number of hydrogen-bond acceptors (Lipinski definition) is 0. The van der Waals surface area contributed by atoms with Gasteiger partial charge in [-0.15, -0.1) is 0 Å². The van der Waals surface area contributed by atoms with Crippen molar-refractivity contribution in [3.8, 4) is 0 Å². The van der Waals surface area contributed by atoms with Crippen molar-refractivity contribution in [2.24, 2.45) is 0 Å². The van der Waals surface area contributed by atoms with Gasteiger partial charge in [0.25, 0.3) is 0 Å². The molecule has 0 nitrogen and oxygen atoms in total. The van der Waals surface area contributed by atoms with Crippen LogP contribution >= 0.6 is 0 Å². The summed E-state index contributed by atoms with van der Waals surface area (Å²) in [4.78, 5) is 0. The smallest absolute Gasteiger partial charge is 0.0307 e. The molecule has 0 bridgehead atoms. The van der Waals surface area contributed by atoms with E-state index < -0.39 is 0 Å².